The van der Waals surface area contributed by atoms with Crippen LogP contribution in [-0.4, -0.2) is 62.4 Å². The molecule has 1 amide bonds. The molecule has 0 radical (unpaired) electrons. The molecular weight excluding hydrogens is 430 g/mol. The summed E-state index contributed by atoms with van der Waals surface area (Å²) >= 11 is 1.46. The van der Waals surface area contributed by atoms with Gasteiger partial charge in [0.15, 0.2) is 11.0 Å². The van der Waals surface area contributed by atoms with Crippen LogP contribution in [0.3, 0.4) is 0 Å². The Kier molecular flexibility index (Phi) is 7.20. The third-order valence-electron chi connectivity index (χ3n) is 6.14. The lowest BCUT2D eigenvalue weighted by atomic mass is 9.87. The maximum atomic E-state index is 12.8. The van der Waals surface area contributed by atoms with Crippen molar-refractivity contribution in [3.63, 3.8) is 0 Å². The molecule has 0 bridgehead atoms. The zero-order chi connectivity index (χ0) is 23.4. The van der Waals surface area contributed by atoms with Gasteiger partial charge in [0, 0.05) is 45.3 Å². The summed E-state index contributed by atoms with van der Waals surface area (Å²) in [6, 6.07) is 19.0. The van der Waals surface area contributed by atoms with E-state index >= 15 is 0 Å². The van der Waals surface area contributed by atoms with Gasteiger partial charge in [0.25, 0.3) is 0 Å². The number of hydrogen-bond acceptors (Lipinski definition) is 5. The van der Waals surface area contributed by atoms with Crippen molar-refractivity contribution >= 4 is 17.7 Å². The lowest BCUT2D eigenvalue weighted by Gasteiger charge is -2.34. The fourth-order valence-electron chi connectivity index (χ4n) is 4.03. The molecule has 0 N–H and O–H groups in total. The zero-order valence-corrected chi connectivity index (χ0v) is 20.8. The molecule has 7 heteroatoms. The summed E-state index contributed by atoms with van der Waals surface area (Å²) in [5, 5.41) is 9.48. The fourth-order valence-corrected chi connectivity index (χ4v) is 4.84. The second kappa shape index (κ2) is 10.1. The molecule has 0 atom stereocenters. The fraction of sp³-hybridized carbons (Fsp3) is 0.423. The van der Waals surface area contributed by atoms with Crippen LogP contribution in [0.25, 0.3) is 11.4 Å². The van der Waals surface area contributed by atoms with Crippen molar-refractivity contribution in [3.05, 3.63) is 65.7 Å². The van der Waals surface area contributed by atoms with Crippen LogP contribution < -0.4 is 0 Å². The first-order valence-electron chi connectivity index (χ1n) is 11.5. The minimum Gasteiger partial charge on any atom is -0.339 e. The Morgan fingerprint density at radius 1 is 0.939 bits per heavy atom. The predicted molar refractivity (Wildman–Crippen MR) is 134 cm³/mol. The summed E-state index contributed by atoms with van der Waals surface area (Å²) in [5.41, 5.74) is 3.76. The molecule has 3 aromatic rings. The van der Waals surface area contributed by atoms with E-state index in [1.165, 1.54) is 22.9 Å². The number of benzene rings is 2. The van der Waals surface area contributed by atoms with E-state index < -0.39 is 0 Å². The predicted octanol–water partition coefficient (Wildman–Crippen LogP) is 4.22. The number of aromatic nitrogens is 3. The van der Waals surface area contributed by atoms with Gasteiger partial charge in [-0.3, -0.25) is 9.69 Å². The highest BCUT2D eigenvalue weighted by molar-refractivity contribution is 7.99. The van der Waals surface area contributed by atoms with Gasteiger partial charge >= 0.3 is 0 Å². The molecule has 1 aliphatic rings. The molecule has 0 spiro atoms. The lowest BCUT2D eigenvalue weighted by molar-refractivity contribution is -0.130. The minimum absolute atomic E-state index is 0.118. The number of hydrogen-bond donors (Lipinski definition) is 0. The van der Waals surface area contributed by atoms with Gasteiger partial charge in [0.05, 0.1) is 5.75 Å². The highest BCUT2D eigenvalue weighted by Gasteiger charge is 2.22. The molecule has 1 aromatic heterocycles. The Labute approximate surface area is 201 Å². The number of thioether (sulfide) groups is 1. The maximum Gasteiger partial charge on any atom is 0.233 e. The van der Waals surface area contributed by atoms with E-state index in [1.54, 1.807) is 0 Å². The van der Waals surface area contributed by atoms with Crippen molar-refractivity contribution in [1.82, 2.24) is 24.6 Å². The Morgan fingerprint density at radius 2 is 1.61 bits per heavy atom. The summed E-state index contributed by atoms with van der Waals surface area (Å²) in [6.07, 6.45) is 0. The van der Waals surface area contributed by atoms with E-state index in [9.17, 15) is 4.79 Å². The largest absolute Gasteiger partial charge is 0.339 e. The molecule has 4 rings (SSSR count). The van der Waals surface area contributed by atoms with E-state index in [0.717, 1.165) is 49.3 Å². The molecule has 1 aliphatic heterocycles. The van der Waals surface area contributed by atoms with Crippen molar-refractivity contribution in [2.45, 2.75) is 37.9 Å². The monoisotopic (exact) mass is 463 g/mol. The van der Waals surface area contributed by atoms with Crippen molar-refractivity contribution in [1.29, 1.82) is 0 Å². The second-order valence-corrected chi connectivity index (χ2v) is 10.6. The van der Waals surface area contributed by atoms with Crippen LogP contribution in [0.4, 0.5) is 0 Å². The molecule has 0 unspecified atom stereocenters. The molecule has 0 aliphatic carbocycles. The average Bonchev–Trinajstić information content (AvgIpc) is 3.18. The second-order valence-electron chi connectivity index (χ2n) is 9.62. The summed E-state index contributed by atoms with van der Waals surface area (Å²) in [4.78, 5) is 17.2. The van der Waals surface area contributed by atoms with Crippen molar-refractivity contribution in [2.75, 3.05) is 31.9 Å². The summed E-state index contributed by atoms with van der Waals surface area (Å²) in [7, 11) is 1.96. The first-order valence-corrected chi connectivity index (χ1v) is 12.5. The Balaban J connectivity index is 1.29. The summed E-state index contributed by atoms with van der Waals surface area (Å²) in [6.45, 7) is 10.9. The Morgan fingerprint density at radius 3 is 2.24 bits per heavy atom. The summed E-state index contributed by atoms with van der Waals surface area (Å²) < 4.78 is 1.97. The number of carbonyl (C=O) groups is 1. The Hall–Kier alpha value is -2.64. The lowest BCUT2D eigenvalue weighted by Crippen LogP contribution is -2.48. The van der Waals surface area contributed by atoms with E-state index in [4.69, 9.17) is 0 Å². The molecule has 174 valence electrons. The molecule has 2 heterocycles. The van der Waals surface area contributed by atoms with E-state index in [0.29, 0.717) is 5.75 Å². The number of amides is 1. The van der Waals surface area contributed by atoms with Crippen LogP contribution in [0.5, 0.6) is 0 Å². The zero-order valence-electron chi connectivity index (χ0n) is 20.0. The van der Waals surface area contributed by atoms with Crippen LogP contribution in [-0.2, 0) is 23.8 Å². The standard InChI is InChI=1S/C26H33N5OS/c1-26(2,3)22-12-10-21(11-13-22)24-27-28-25(29(24)4)33-19-23(32)31-16-14-30(15-17-31)18-20-8-6-5-7-9-20/h5-13H,14-19H2,1-4H3. The number of carbonyl (C=O) groups excluding carboxylic acids is 1. The number of nitrogens with zero attached hydrogens (tertiary/aromatic N) is 5. The van der Waals surface area contributed by atoms with E-state index in [1.807, 2.05) is 22.6 Å². The van der Waals surface area contributed by atoms with E-state index in [-0.39, 0.29) is 11.3 Å². The molecular formula is C26H33N5OS. The quantitative estimate of drug-likeness (QED) is 0.513. The van der Waals surface area contributed by atoms with Crippen LogP contribution >= 0.6 is 11.8 Å². The first-order chi connectivity index (χ1) is 15.8. The normalized spacial score (nSPS) is 15.1. The van der Waals surface area contributed by atoms with Crippen molar-refractivity contribution in [3.8, 4) is 11.4 Å². The molecule has 1 saturated heterocycles. The number of piperazine rings is 1. The van der Waals surface area contributed by atoms with Gasteiger partial charge in [-0.05, 0) is 16.5 Å². The van der Waals surface area contributed by atoms with Gasteiger partial charge in [-0.1, -0.05) is 87.1 Å². The average molecular weight is 464 g/mol. The van der Waals surface area contributed by atoms with Crippen LogP contribution in [0, 0.1) is 0 Å². The van der Waals surface area contributed by atoms with Gasteiger partial charge in [0.2, 0.25) is 5.91 Å². The van der Waals surface area contributed by atoms with Crippen LogP contribution in [0.1, 0.15) is 31.9 Å². The topological polar surface area (TPSA) is 54.3 Å². The van der Waals surface area contributed by atoms with E-state index in [2.05, 4.69) is 84.4 Å². The van der Waals surface area contributed by atoms with Gasteiger partial charge in [-0.25, -0.2) is 0 Å². The molecule has 6 nitrogen and oxygen atoms in total. The first kappa shape index (κ1) is 23.5. The highest BCUT2D eigenvalue weighted by atomic mass is 32.2. The number of rotatable bonds is 6. The third kappa shape index (κ3) is 5.84. The molecule has 2 aromatic carbocycles. The minimum atomic E-state index is 0.118. The molecule has 33 heavy (non-hydrogen) atoms. The van der Waals surface area contributed by atoms with Crippen LogP contribution in [0.15, 0.2) is 59.8 Å². The van der Waals surface area contributed by atoms with Crippen molar-refractivity contribution in [2.24, 2.45) is 7.05 Å². The third-order valence-corrected chi connectivity index (χ3v) is 7.15. The van der Waals surface area contributed by atoms with Gasteiger partial charge in [0.1, 0.15) is 0 Å². The molecule has 0 saturated carbocycles. The summed E-state index contributed by atoms with van der Waals surface area (Å²) in [5.74, 6) is 1.37. The highest BCUT2D eigenvalue weighted by Crippen LogP contribution is 2.27. The van der Waals surface area contributed by atoms with Gasteiger partial charge < -0.3 is 9.47 Å². The van der Waals surface area contributed by atoms with Gasteiger partial charge in [-0.15, -0.1) is 10.2 Å². The Bertz CT molecular complexity index is 1060. The van der Waals surface area contributed by atoms with Crippen LogP contribution in [0.2, 0.25) is 0 Å². The molecule has 1 fully saturated rings. The van der Waals surface area contributed by atoms with Crippen molar-refractivity contribution < 1.29 is 4.79 Å². The SMILES string of the molecule is Cn1c(SCC(=O)N2CCN(Cc3ccccc3)CC2)nnc1-c1ccc(C(C)(C)C)cc1. The van der Waals surface area contributed by atoms with Gasteiger partial charge in [-0.2, -0.15) is 0 Å². The smallest absolute Gasteiger partial charge is 0.233 e. The maximum absolute atomic E-state index is 12.8.